The van der Waals surface area contributed by atoms with Gasteiger partial charge in [0.05, 0.1) is 18.1 Å². The minimum absolute atomic E-state index is 0.0659. The van der Waals surface area contributed by atoms with Crippen LogP contribution in [0.25, 0.3) is 0 Å². The molecule has 10 heteroatoms. The largest absolute Gasteiger partial charge is 0.364 e. The molecule has 182 valence electrons. The number of anilines is 3. The lowest BCUT2D eigenvalue weighted by molar-refractivity contribution is 0.0944. The van der Waals surface area contributed by atoms with Crippen LogP contribution in [0.4, 0.5) is 17.3 Å². The van der Waals surface area contributed by atoms with E-state index in [0.717, 1.165) is 25.1 Å². The van der Waals surface area contributed by atoms with Gasteiger partial charge in [-0.1, -0.05) is 0 Å². The number of amides is 1. The Labute approximate surface area is 204 Å². The number of aromatic nitrogens is 5. The van der Waals surface area contributed by atoms with Crippen LogP contribution in [0.2, 0.25) is 0 Å². The summed E-state index contributed by atoms with van der Waals surface area (Å²) in [6, 6.07) is 3.98. The van der Waals surface area contributed by atoms with Crippen LogP contribution in [0.1, 0.15) is 71.5 Å². The number of hydrogen-bond acceptors (Lipinski definition) is 8. The highest BCUT2D eigenvalue weighted by molar-refractivity contribution is 5.96. The van der Waals surface area contributed by atoms with Crippen LogP contribution in [0, 0.1) is 5.92 Å². The Balaban J connectivity index is 1.32. The summed E-state index contributed by atoms with van der Waals surface area (Å²) < 4.78 is 1.65. The molecule has 5 rings (SSSR count). The molecule has 0 aromatic carbocycles. The molecular formula is C25H30N8O2. The Kier molecular flexibility index (Phi) is 6.19. The second-order valence-electron chi connectivity index (χ2n) is 9.53. The summed E-state index contributed by atoms with van der Waals surface area (Å²) in [5.74, 6) is 1.13. The van der Waals surface area contributed by atoms with Gasteiger partial charge in [0.25, 0.3) is 5.91 Å². The highest BCUT2D eigenvalue weighted by Crippen LogP contribution is 2.39. The summed E-state index contributed by atoms with van der Waals surface area (Å²) in [6.07, 6.45) is 11.5. The van der Waals surface area contributed by atoms with Crippen molar-refractivity contribution >= 4 is 29.0 Å². The molecule has 2 fully saturated rings. The molecule has 1 aliphatic heterocycles. The number of pyridine rings is 1. The number of carbonyl (C=O) groups is 2. The number of nitrogens with zero attached hydrogens (tertiary/aromatic N) is 6. The lowest BCUT2D eigenvalue weighted by Gasteiger charge is -2.40. The van der Waals surface area contributed by atoms with Gasteiger partial charge in [-0.3, -0.25) is 19.3 Å². The minimum atomic E-state index is -0.660. The molecule has 1 saturated heterocycles. The highest BCUT2D eigenvalue weighted by atomic mass is 16.1. The van der Waals surface area contributed by atoms with Gasteiger partial charge in [-0.2, -0.15) is 5.10 Å². The van der Waals surface area contributed by atoms with Crippen molar-refractivity contribution in [2.24, 2.45) is 18.7 Å². The molecule has 3 N–H and O–H groups in total. The Morgan fingerprint density at radius 1 is 1.14 bits per heavy atom. The van der Waals surface area contributed by atoms with Crippen molar-refractivity contribution in [1.29, 1.82) is 0 Å². The van der Waals surface area contributed by atoms with Gasteiger partial charge in [-0.05, 0) is 50.7 Å². The maximum absolute atomic E-state index is 13.0. The molecule has 2 aliphatic rings. The SMILES string of the molecule is C[C@@H]1[C@H](CC(=O)c2ccc(C3CC3)nc2)CCCN1c1cnc(C(N)=O)c(Nc2cnn(C)c2)n1. The van der Waals surface area contributed by atoms with Crippen molar-refractivity contribution in [3.8, 4) is 0 Å². The second-order valence-corrected chi connectivity index (χ2v) is 9.53. The number of nitrogens with one attached hydrogen (secondary N) is 1. The van der Waals surface area contributed by atoms with Crippen molar-refractivity contribution in [2.75, 3.05) is 16.8 Å². The van der Waals surface area contributed by atoms with Crippen molar-refractivity contribution in [3.63, 3.8) is 0 Å². The zero-order valence-corrected chi connectivity index (χ0v) is 20.0. The fourth-order valence-electron chi connectivity index (χ4n) is 4.77. The number of carbonyl (C=O) groups excluding carboxylic acids is 2. The second kappa shape index (κ2) is 9.44. The number of ketones is 1. The summed E-state index contributed by atoms with van der Waals surface area (Å²) >= 11 is 0. The number of primary amides is 1. The van der Waals surface area contributed by atoms with Gasteiger partial charge < -0.3 is 16.0 Å². The molecular weight excluding hydrogens is 444 g/mol. The van der Waals surface area contributed by atoms with E-state index in [9.17, 15) is 9.59 Å². The Hall–Kier alpha value is -3.82. The fourth-order valence-corrected chi connectivity index (χ4v) is 4.77. The molecule has 0 radical (unpaired) electrons. The van der Waals surface area contributed by atoms with Crippen molar-refractivity contribution in [1.82, 2.24) is 24.7 Å². The standard InChI is InChI=1S/C25H30N8O2/c1-15-17(10-21(34)18-7-8-20(27-11-18)16-5-6-16)4-3-9-33(15)22-13-28-23(24(26)35)25(31-22)30-19-12-29-32(2)14-19/h7-8,11-17H,3-6,9-10H2,1-2H3,(H2,26,35)(H,30,31)/t15-,17+/m1/s1. The predicted octanol–water partition coefficient (Wildman–Crippen LogP) is 3.20. The van der Waals surface area contributed by atoms with E-state index in [1.165, 1.54) is 12.8 Å². The number of hydrogen-bond donors (Lipinski definition) is 2. The first kappa shape index (κ1) is 22.9. The van der Waals surface area contributed by atoms with Crippen molar-refractivity contribution < 1.29 is 9.59 Å². The molecule has 3 aromatic rings. The highest BCUT2D eigenvalue weighted by Gasteiger charge is 2.32. The number of nitrogens with two attached hydrogens (primary N) is 1. The first-order valence-corrected chi connectivity index (χ1v) is 12.1. The third kappa shape index (κ3) is 5.01. The van der Waals surface area contributed by atoms with Crippen LogP contribution in [-0.2, 0) is 7.05 Å². The summed E-state index contributed by atoms with van der Waals surface area (Å²) in [6.45, 7) is 2.91. The molecule has 2 atom stereocenters. The van der Waals surface area contributed by atoms with Crippen LogP contribution in [0.5, 0.6) is 0 Å². The van der Waals surface area contributed by atoms with Gasteiger partial charge in [-0.25, -0.2) is 9.97 Å². The first-order chi connectivity index (χ1) is 16.9. The van der Waals surface area contributed by atoms with Crippen LogP contribution < -0.4 is 16.0 Å². The van der Waals surface area contributed by atoms with E-state index in [0.29, 0.717) is 29.4 Å². The van der Waals surface area contributed by atoms with Crippen LogP contribution in [0.15, 0.2) is 36.9 Å². The van der Waals surface area contributed by atoms with E-state index in [1.807, 2.05) is 12.1 Å². The third-order valence-electron chi connectivity index (χ3n) is 6.95. The number of rotatable bonds is 8. The molecule has 10 nitrogen and oxygen atoms in total. The predicted molar refractivity (Wildman–Crippen MR) is 132 cm³/mol. The van der Waals surface area contributed by atoms with Crippen LogP contribution in [-0.4, -0.2) is 49.0 Å². The molecule has 0 spiro atoms. The fraction of sp³-hybridized carbons (Fsp3) is 0.440. The summed E-state index contributed by atoms with van der Waals surface area (Å²) in [5, 5.41) is 7.24. The number of Topliss-reactive ketones (excluding diaryl/α,β-unsaturated/α-hetero) is 1. The van der Waals surface area contributed by atoms with Crippen molar-refractivity contribution in [2.45, 2.75) is 51.0 Å². The molecule has 0 bridgehead atoms. The smallest absolute Gasteiger partial charge is 0.271 e. The molecule has 1 aliphatic carbocycles. The Morgan fingerprint density at radius 3 is 2.63 bits per heavy atom. The number of piperidine rings is 1. The molecule has 1 amide bonds. The quantitative estimate of drug-likeness (QED) is 0.476. The van der Waals surface area contributed by atoms with Gasteiger partial charge in [0.1, 0.15) is 5.82 Å². The molecule has 0 unspecified atom stereocenters. The monoisotopic (exact) mass is 474 g/mol. The Bertz CT molecular complexity index is 1230. The zero-order chi connectivity index (χ0) is 24.5. The van der Waals surface area contributed by atoms with E-state index in [1.54, 1.807) is 36.5 Å². The van der Waals surface area contributed by atoms with Gasteiger partial charge in [0.15, 0.2) is 17.3 Å². The van der Waals surface area contributed by atoms with Gasteiger partial charge >= 0.3 is 0 Å². The first-order valence-electron chi connectivity index (χ1n) is 12.1. The van der Waals surface area contributed by atoms with E-state index in [-0.39, 0.29) is 29.3 Å². The van der Waals surface area contributed by atoms with E-state index in [4.69, 9.17) is 10.7 Å². The zero-order valence-electron chi connectivity index (χ0n) is 20.0. The van der Waals surface area contributed by atoms with Gasteiger partial charge in [-0.15, -0.1) is 0 Å². The average molecular weight is 475 g/mol. The molecule has 4 heterocycles. The summed E-state index contributed by atoms with van der Waals surface area (Å²) in [4.78, 5) is 40.6. The average Bonchev–Trinajstić information content (AvgIpc) is 3.62. The summed E-state index contributed by atoms with van der Waals surface area (Å²) in [5.41, 5.74) is 8.04. The maximum Gasteiger partial charge on any atom is 0.271 e. The van der Waals surface area contributed by atoms with Crippen LogP contribution >= 0.6 is 0 Å². The van der Waals surface area contributed by atoms with E-state index < -0.39 is 5.91 Å². The lowest BCUT2D eigenvalue weighted by Crippen LogP contribution is -2.44. The third-order valence-corrected chi connectivity index (χ3v) is 6.95. The maximum atomic E-state index is 13.0. The molecule has 35 heavy (non-hydrogen) atoms. The normalized spacial score (nSPS) is 20.0. The van der Waals surface area contributed by atoms with Gasteiger partial charge in [0, 0.05) is 55.6 Å². The van der Waals surface area contributed by atoms with Gasteiger partial charge in [0.2, 0.25) is 0 Å². The molecule has 3 aromatic heterocycles. The minimum Gasteiger partial charge on any atom is -0.364 e. The van der Waals surface area contributed by atoms with Crippen molar-refractivity contribution in [3.05, 3.63) is 53.9 Å². The summed E-state index contributed by atoms with van der Waals surface area (Å²) in [7, 11) is 1.80. The van der Waals surface area contributed by atoms with Crippen LogP contribution in [0.3, 0.4) is 0 Å². The lowest BCUT2D eigenvalue weighted by atomic mass is 9.85. The van der Waals surface area contributed by atoms with E-state index >= 15 is 0 Å². The van der Waals surface area contributed by atoms with E-state index in [2.05, 4.69) is 32.2 Å². The topological polar surface area (TPSA) is 132 Å². The molecule has 1 saturated carbocycles. The number of aryl methyl sites for hydroxylation is 1. The Morgan fingerprint density at radius 2 is 1.97 bits per heavy atom.